The maximum Gasteiger partial charge on any atom is 0.422 e. The van der Waals surface area contributed by atoms with Gasteiger partial charge < -0.3 is 9.26 Å². The molecule has 10 heteroatoms. The van der Waals surface area contributed by atoms with Gasteiger partial charge in [-0.1, -0.05) is 11.2 Å². The summed E-state index contributed by atoms with van der Waals surface area (Å²) in [6, 6.07) is 11.8. The third-order valence-electron chi connectivity index (χ3n) is 4.45. The summed E-state index contributed by atoms with van der Waals surface area (Å²) in [6.07, 6.45) is -2.58. The predicted molar refractivity (Wildman–Crippen MR) is 105 cm³/mol. The summed E-state index contributed by atoms with van der Waals surface area (Å²) in [4.78, 5) is 8.64. The van der Waals surface area contributed by atoms with Gasteiger partial charge in [0, 0.05) is 23.1 Å². The number of rotatable bonds is 6. The summed E-state index contributed by atoms with van der Waals surface area (Å²) in [5.74, 6) is 0.647. The third kappa shape index (κ3) is 5.08. The molecule has 0 radical (unpaired) electrons. The highest BCUT2D eigenvalue weighted by Crippen LogP contribution is 2.25. The molecule has 3 aromatic heterocycles. The molecule has 0 amide bonds. The van der Waals surface area contributed by atoms with Crippen LogP contribution < -0.4 is 4.74 Å². The second kappa shape index (κ2) is 8.21. The summed E-state index contributed by atoms with van der Waals surface area (Å²) in [5, 5.41) is 8.48. The Bertz CT molecular complexity index is 1170. The number of alkyl halides is 3. The molecule has 0 unspecified atom stereocenters. The number of hydrogen-bond acceptors (Lipinski definition) is 6. The molecule has 0 fully saturated rings. The molecule has 7 nitrogen and oxygen atoms in total. The van der Waals surface area contributed by atoms with Crippen molar-refractivity contribution in [1.29, 1.82) is 0 Å². The number of halogens is 3. The Balaban J connectivity index is 1.48. The summed E-state index contributed by atoms with van der Waals surface area (Å²) < 4.78 is 48.6. The maximum atomic E-state index is 12.2. The highest BCUT2D eigenvalue weighted by molar-refractivity contribution is 5.58. The van der Waals surface area contributed by atoms with Crippen molar-refractivity contribution < 1.29 is 22.4 Å². The zero-order chi connectivity index (χ0) is 22.0. The normalized spacial score (nSPS) is 11.6. The Hall–Kier alpha value is -3.69. The maximum absolute atomic E-state index is 12.2. The standard InChI is InChI=1S/C21H18F3N5O2/c1-13-3-4-15(10-25-13)11-29-14(2)9-18(27-29)20-26-19(28-31-20)16-5-7-17(8-6-16)30-12-21(22,23)24/h3-10H,11-12H2,1-2H3. The summed E-state index contributed by atoms with van der Waals surface area (Å²) in [5.41, 5.74) is 3.99. The first kappa shape index (κ1) is 20.6. The molecule has 0 atom stereocenters. The zero-order valence-electron chi connectivity index (χ0n) is 16.7. The van der Waals surface area contributed by atoms with Gasteiger partial charge in [-0.15, -0.1) is 0 Å². The fraction of sp³-hybridized carbons (Fsp3) is 0.238. The molecule has 31 heavy (non-hydrogen) atoms. The molecule has 0 aliphatic carbocycles. The Labute approximate surface area is 175 Å². The predicted octanol–water partition coefficient (Wildman–Crippen LogP) is 4.60. The van der Waals surface area contributed by atoms with Crippen LogP contribution in [0.5, 0.6) is 5.75 Å². The van der Waals surface area contributed by atoms with E-state index in [9.17, 15) is 13.2 Å². The minimum Gasteiger partial charge on any atom is -0.484 e. The minimum absolute atomic E-state index is 0.102. The van der Waals surface area contributed by atoms with Crippen LogP contribution in [0.15, 0.2) is 53.2 Å². The lowest BCUT2D eigenvalue weighted by atomic mass is 10.2. The van der Waals surface area contributed by atoms with E-state index in [0.29, 0.717) is 23.6 Å². The number of hydrogen-bond donors (Lipinski definition) is 0. The monoisotopic (exact) mass is 429 g/mol. The molecule has 3 heterocycles. The average Bonchev–Trinajstić information content (AvgIpc) is 3.35. The smallest absolute Gasteiger partial charge is 0.422 e. The third-order valence-corrected chi connectivity index (χ3v) is 4.45. The van der Waals surface area contributed by atoms with Crippen LogP contribution in [-0.4, -0.2) is 37.7 Å². The SMILES string of the molecule is Cc1ccc(Cn2nc(-c3nc(-c4ccc(OCC(F)(F)F)cc4)no3)cc2C)cn1. The number of pyridine rings is 1. The van der Waals surface area contributed by atoms with Crippen LogP contribution in [-0.2, 0) is 6.54 Å². The van der Waals surface area contributed by atoms with Gasteiger partial charge in [0.15, 0.2) is 12.3 Å². The van der Waals surface area contributed by atoms with Crippen molar-refractivity contribution in [2.75, 3.05) is 6.61 Å². The van der Waals surface area contributed by atoms with Gasteiger partial charge in [-0.3, -0.25) is 9.67 Å². The van der Waals surface area contributed by atoms with Gasteiger partial charge in [-0.05, 0) is 55.8 Å². The number of nitrogens with zero attached hydrogens (tertiary/aromatic N) is 5. The van der Waals surface area contributed by atoms with Crippen LogP contribution in [0.4, 0.5) is 13.2 Å². The fourth-order valence-electron chi connectivity index (χ4n) is 2.85. The van der Waals surface area contributed by atoms with Gasteiger partial charge in [0.1, 0.15) is 5.75 Å². The molecule has 0 spiro atoms. The molecule has 0 aliphatic heterocycles. The highest BCUT2D eigenvalue weighted by Gasteiger charge is 2.28. The second-order valence-electron chi connectivity index (χ2n) is 6.99. The van der Waals surface area contributed by atoms with Crippen LogP contribution in [0.1, 0.15) is 17.0 Å². The van der Waals surface area contributed by atoms with Crippen LogP contribution in [0.3, 0.4) is 0 Å². The Morgan fingerprint density at radius 2 is 1.84 bits per heavy atom. The van der Waals surface area contributed by atoms with Crippen molar-refractivity contribution in [3.05, 3.63) is 65.6 Å². The van der Waals surface area contributed by atoms with Gasteiger partial charge >= 0.3 is 6.18 Å². The van der Waals surface area contributed by atoms with E-state index in [-0.39, 0.29) is 11.6 Å². The van der Waals surface area contributed by atoms with Crippen LogP contribution in [0, 0.1) is 13.8 Å². The van der Waals surface area contributed by atoms with E-state index in [2.05, 4.69) is 20.2 Å². The lowest BCUT2D eigenvalue weighted by molar-refractivity contribution is -0.153. The van der Waals surface area contributed by atoms with E-state index in [1.54, 1.807) is 12.1 Å². The van der Waals surface area contributed by atoms with Crippen molar-refractivity contribution in [2.45, 2.75) is 26.6 Å². The van der Waals surface area contributed by atoms with Crippen LogP contribution in [0.2, 0.25) is 0 Å². The van der Waals surface area contributed by atoms with Gasteiger partial charge in [0.2, 0.25) is 5.82 Å². The van der Waals surface area contributed by atoms with Crippen molar-refractivity contribution in [1.82, 2.24) is 24.9 Å². The lowest BCUT2D eigenvalue weighted by Gasteiger charge is -2.08. The summed E-state index contributed by atoms with van der Waals surface area (Å²) in [7, 11) is 0. The molecule has 160 valence electrons. The first-order valence-corrected chi connectivity index (χ1v) is 9.37. The Morgan fingerprint density at radius 1 is 1.06 bits per heavy atom. The van der Waals surface area contributed by atoms with Gasteiger partial charge in [0.25, 0.3) is 5.89 Å². The molecule has 0 aliphatic rings. The molecule has 0 bridgehead atoms. The molecule has 4 aromatic rings. The second-order valence-corrected chi connectivity index (χ2v) is 6.99. The topological polar surface area (TPSA) is 78.9 Å². The van der Waals surface area contributed by atoms with E-state index < -0.39 is 12.8 Å². The fourth-order valence-corrected chi connectivity index (χ4v) is 2.85. The quantitative estimate of drug-likeness (QED) is 0.446. The highest BCUT2D eigenvalue weighted by atomic mass is 19.4. The van der Waals surface area contributed by atoms with E-state index in [0.717, 1.165) is 17.0 Å². The van der Waals surface area contributed by atoms with Gasteiger partial charge in [0.05, 0.1) is 6.54 Å². The van der Waals surface area contributed by atoms with Crippen molar-refractivity contribution >= 4 is 0 Å². The molecule has 0 saturated heterocycles. The molecule has 1 aromatic carbocycles. The first-order valence-electron chi connectivity index (χ1n) is 9.37. The zero-order valence-corrected chi connectivity index (χ0v) is 16.7. The Kier molecular flexibility index (Phi) is 5.45. The number of benzene rings is 1. The molecule has 4 rings (SSSR count). The lowest BCUT2D eigenvalue weighted by Crippen LogP contribution is -2.19. The molecule has 0 saturated carbocycles. The molecule has 0 N–H and O–H groups in total. The average molecular weight is 429 g/mol. The number of ether oxygens (including phenoxy) is 1. The van der Waals surface area contributed by atoms with E-state index in [1.165, 1.54) is 12.1 Å². The van der Waals surface area contributed by atoms with Crippen molar-refractivity contribution in [3.8, 4) is 28.7 Å². The first-order chi connectivity index (χ1) is 14.8. The Morgan fingerprint density at radius 3 is 2.52 bits per heavy atom. The molecular weight excluding hydrogens is 411 g/mol. The van der Waals surface area contributed by atoms with Gasteiger partial charge in [-0.25, -0.2) is 0 Å². The van der Waals surface area contributed by atoms with E-state index >= 15 is 0 Å². The van der Waals surface area contributed by atoms with E-state index in [1.807, 2.05) is 42.9 Å². The van der Waals surface area contributed by atoms with Crippen LogP contribution >= 0.6 is 0 Å². The summed E-state index contributed by atoms with van der Waals surface area (Å²) >= 11 is 0. The minimum atomic E-state index is -4.39. The van der Waals surface area contributed by atoms with Crippen molar-refractivity contribution in [3.63, 3.8) is 0 Å². The number of aromatic nitrogens is 5. The number of aryl methyl sites for hydroxylation is 2. The largest absolute Gasteiger partial charge is 0.484 e. The van der Waals surface area contributed by atoms with Crippen LogP contribution in [0.25, 0.3) is 23.0 Å². The molecular formula is C21H18F3N5O2. The summed E-state index contributed by atoms with van der Waals surface area (Å²) in [6.45, 7) is 3.06. The van der Waals surface area contributed by atoms with E-state index in [4.69, 9.17) is 9.26 Å². The van der Waals surface area contributed by atoms with Gasteiger partial charge in [-0.2, -0.15) is 23.3 Å². The van der Waals surface area contributed by atoms with Crippen molar-refractivity contribution in [2.24, 2.45) is 0 Å².